The lowest BCUT2D eigenvalue weighted by atomic mass is 10.2. The van der Waals surface area contributed by atoms with E-state index in [0.29, 0.717) is 6.54 Å². The van der Waals surface area contributed by atoms with E-state index >= 15 is 0 Å². The summed E-state index contributed by atoms with van der Waals surface area (Å²) < 4.78 is 48.8. The van der Waals surface area contributed by atoms with Crippen molar-refractivity contribution in [1.29, 1.82) is 0 Å². The highest BCUT2D eigenvalue weighted by molar-refractivity contribution is 7.92. The zero-order valence-corrected chi connectivity index (χ0v) is 12.2. The molecule has 0 saturated carbocycles. The average molecular weight is 310 g/mol. The summed E-state index contributed by atoms with van der Waals surface area (Å²) in [6.07, 6.45) is 0.468. The number of nitrogens with one attached hydrogen (secondary N) is 1. The molecule has 2 saturated heterocycles. The molecule has 0 aliphatic carbocycles. The largest absolute Gasteiger partial charge is 0.355 e. The molecule has 0 bridgehead atoms. The summed E-state index contributed by atoms with van der Waals surface area (Å²) >= 11 is 0. The molecule has 0 atom stereocenters. The van der Waals surface area contributed by atoms with Crippen LogP contribution in [0.2, 0.25) is 0 Å². The monoisotopic (exact) mass is 310 g/mol. The van der Waals surface area contributed by atoms with Crippen molar-refractivity contribution in [3.05, 3.63) is 0 Å². The molecule has 1 N–H and O–H groups in total. The predicted molar refractivity (Wildman–Crippen MR) is 69.8 cm³/mol. The van der Waals surface area contributed by atoms with Gasteiger partial charge in [-0.1, -0.05) is 0 Å². The fourth-order valence-electron chi connectivity index (χ4n) is 2.38. The summed E-state index contributed by atoms with van der Waals surface area (Å²) in [6, 6.07) is 0. The van der Waals surface area contributed by atoms with Crippen LogP contribution >= 0.6 is 0 Å². The van der Waals surface area contributed by atoms with E-state index in [0.717, 1.165) is 0 Å². The Morgan fingerprint density at radius 2 is 1.79 bits per heavy atom. The third-order valence-electron chi connectivity index (χ3n) is 3.55. The number of nitrogens with zero attached hydrogens (tertiary/aromatic N) is 1. The number of amides is 1. The number of carbonyl (C=O) groups excluding carboxylic acids is 1. The van der Waals surface area contributed by atoms with Gasteiger partial charge >= 0.3 is 0 Å². The molecule has 7 nitrogen and oxygen atoms in total. The fourth-order valence-corrected chi connectivity index (χ4v) is 6.11. The van der Waals surface area contributed by atoms with Crippen LogP contribution in [0.25, 0.3) is 0 Å². The highest BCUT2D eigenvalue weighted by atomic mass is 32.2. The van der Waals surface area contributed by atoms with Crippen molar-refractivity contribution in [3.63, 3.8) is 0 Å². The Balaban J connectivity index is 2.07. The minimum absolute atomic E-state index is 0.0675. The van der Waals surface area contributed by atoms with Crippen LogP contribution in [0.5, 0.6) is 0 Å². The normalized spacial score (nSPS) is 26.6. The lowest BCUT2D eigenvalue weighted by molar-refractivity contribution is -0.120. The van der Waals surface area contributed by atoms with E-state index in [-0.39, 0.29) is 49.8 Å². The Bertz CT molecular complexity index is 540. The number of sulfonamides is 1. The second kappa shape index (κ2) is 5.37. The molecule has 2 fully saturated rings. The van der Waals surface area contributed by atoms with Gasteiger partial charge in [0.1, 0.15) is 9.84 Å². The van der Waals surface area contributed by atoms with Gasteiger partial charge in [-0.2, -0.15) is 4.31 Å². The van der Waals surface area contributed by atoms with Gasteiger partial charge in [-0.25, -0.2) is 16.8 Å². The Morgan fingerprint density at radius 3 is 2.42 bits per heavy atom. The van der Waals surface area contributed by atoms with Crippen LogP contribution < -0.4 is 5.32 Å². The molecule has 0 aromatic rings. The van der Waals surface area contributed by atoms with Crippen LogP contribution in [-0.2, 0) is 24.7 Å². The van der Waals surface area contributed by atoms with Gasteiger partial charge in [0.2, 0.25) is 15.9 Å². The fraction of sp³-hybridized carbons (Fsp3) is 0.900. The van der Waals surface area contributed by atoms with Crippen molar-refractivity contribution in [2.45, 2.75) is 24.5 Å². The van der Waals surface area contributed by atoms with Gasteiger partial charge in [-0.3, -0.25) is 4.79 Å². The van der Waals surface area contributed by atoms with Crippen molar-refractivity contribution >= 4 is 25.8 Å². The van der Waals surface area contributed by atoms with Gasteiger partial charge in [0.15, 0.2) is 0 Å². The molecule has 0 spiro atoms. The summed E-state index contributed by atoms with van der Waals surface area (Å²) in [5, 5.41) is 1.99. The SMILES string of the molecule is O=C1CCN(S(=O)(=O)C2CCS(=O)(=O)CC2)CCN1. The van der Waals surface area contributed by atoms with Crippen molar-refractivity contribution in [2.24, 2.45) is 0 Å². The van der Waals surface area contributed by atoms with Crippen molar-refractivity contribution in [1.82, 2.24) is 9.62 Å². The van der Waals surface area contributed by atoms with Gasteiger partial charge in [0.05, 0.1) is 16.8 Å². The topological polar surface area (TPSA) is 101 Å². The van der Waals surface area contributed by atoms with Crippen molar-refractivity contribution in [3.8, 4) is 0 Å². The molecule has 2 rings (SSSR count). The van der Waals surface area contributed by atoms with E-state index < -0.39 is 25.1 Å². The maximum Gasteiger partial charge on any atom is 0.221 e. The van der Waals surface area contributed by atoms with Gasteiger partial charge in [0, 0.05) is 26.1 Å². The molecule has 2 aliphatic heterocycles. The molecule has 1 amide bonds. The maximum atomic E-state index is 12.4. The number of sulfone groups is 1. The van der Waals surface area contributed by atoms with Crippen molar-refractivity contribution in [2.75, 3.05) is 31.1 Å². The highest BCUT2D eigenvalue weighted by Crippen LogP contribution is 2.22. The second-order valence-corrected chi connectivity index (χ2v) is 9.41. The molecule has 110 valence electrons. The molecule has 0 aromatic carbocycles. The van der Waals surface area contributed by atoms with E-state index in [1.807, 2.05) is 0 Å². The Labute approximate surface area is 113 Å². The minimum atomic E-state index is -3.51. The van der Waals surface area contributed by atoms with Gasteiger partial charge in [-0.05, 0) is 12.8 Å². The van der Waals surface area contributed by atoms with Gasteiger partial charge < -0.3 is 5.32 Å². The second-order valence-electron chi connectivity index (χ2n) is 4.90. The number of rotatable bonds is 2. The lowest BCUT2D eigenvalue weighted by Crippen LogP contribution is -2.43. The van der Waals surface area contributed by atoms with Crippen LogP contribution in [0, 0.1) is 0 Å². The highest BCUT2D eigenvalue weighted by Gasteiger charge is 2.37. The van der Waals surface area contributed by atoms with E-state index in [4.69, 9.17) is 0 Å². The standard InChI is InChI=1S/C10H18N2O5S2/c13-10-1-5-12(6-4-11-10)19(16,17)9-2-7-18(14,15)8-3-9/h9H,1-8H2,(H,11,13). The molecule has 0 aromatic heterocycles. The minimum Gasteiger partial charge on any atom is -0.355 e. The van der Waals surface area contributed by atoms with Crippen LogP contribution in [0.3, 0.4) is 0 Å². The van der Waals surface area contributed by atoms with Gasteiger partial charge in [-0.15, -0.1) is 0 Å². The summed E-state index contributed by atoms with van der Waals surface area (Å²) in [5.74, 6) is -0.284. The van der Waals surface area contributed by atoms with Crippen LogP contribution in [0.4, 0.5) is 0 Å². The average Bonchev–Trinajstić information content (AvgIpc) is 2.54. The first-order valence-electron chi connectivity index (χ1n) is 6.27. The molecule has 2 heterocycles. The van der Waals surface area contributed by atoms with Crippen LogP contribution in [-0.4, -0.2) is 63.4 Å². The Hall–Kier alpha value is -0.670. The Kier molecular flexibility index (Phi) is 4.17. The smallest absolute Gasteiger partial charge is 0.221 e. The van der Waals surface area contributed by atoms with Gasteiger partial charge in [0.25, 0.3) is 0 Å². The molecule has 0 radical (unpaired) electrons. The van der Waals surface area contributed by atoms with E-state index in [9.17, 15) is 21.6 Å². The molecule has 9 heteroatoms. The molecular weight excluding hydrogens is 292 g/mol. The maximum absolute atomic E-state index is 12.4. The van der Waals surface area contributed by atoms with Crippen LogP contribution in [0.1, 0.15) is 19.3 Å². The summed E-state index contributed by atoms with van der Waals surface area (Å²) in [7, 11) is -6.58. The molecular formula is C10H18N2O5S2. The van der Waals surface area contributed by atoms with E-state index in [1.165, 1.54) is 4.31 Å². The third-order valence-corrected chi connectivity index (χ3v) is 7.67. The zero-order chi connectivity index (χ0) is 14.1. The molecule has 19 heavy (non-hydrogen) atoms. The van der Waals surface area contributed by atoms with Crippen LogP contribution in [0.15, 0.2) is 0 Å². The summed E-state index contributed by atoms with van der Waals surface area (Å²) in [5.41, 5.74) is 0. The quantitative estimate of drug-likeness (QED) is 0.684. The zero-order valence-electron chi connectivity index (χ0n) is 10.5. The van der Waals surface area contributed by atoms with Crippen molar-refractivity contribution < 1.29 is 21.6 Å². The third kappa shape index (κ3) is 3.46. The molecule has 0 unspecified atom stereocenters. The number of carbonyl (C=O) groups is 1. The first kappa shape index (κ1) is 14.7. The first-order chi connectivity index (χ1) is 8.81. The Morgan fingerprint density at radius 1 is 1.16 bits per heavy atom. The molecule has 2 aliphatic rings. The predicted octanol–water partition coefficient (Wildman–Crippen LogP) is -1.28. The van der Waals surface area contributed by atoms with E-state index in [2.05, 4.69) is 5.32 Å². The first-order valence-corrected chi connectivity index (χ1v) is 9.60. The number of hydrogen-bond donors (Lipinski definition) is 1. The van der Waals surface area contributed by atoms with E-state index in [1.54, 1.807) is 0 Å². The number of hydrogen-bond acceptors (Lipinski definition) is 5. The summed E-state index contributed by atoms with van der Waals surface area (Å²) in [6.45, 7) is 0.748. The summed E-state index contributed by atoms with van der Waals surface area (Å²) in [4.78, 5) is 11.2. The lowest BCUT2D eigenvalue weighted by Gasteiger charge is -2.28.